The van der Waals surface area contributed by atoms with Crippen LogP contribution in [-0.4, -0.2) is 50.2 Å². The minimum absolute atomic E-state index is 0.0386. The molecule has 0 bridgehead atoms. The number of hydrogen-bond acceptors (Lipinski definition) is 5. The van der Waals surface area contributed by atoms with Crippen LogP contribution < -0.4 is 9.47 Å². The van der Waals surface area contributed by atoms with Crippen LogP contribution in [0.1, 0.15) is 51.2 Å². The first-order valence-corrected chi connectivity index (χ1v) is 9.32. The second-order valence-electron chi connectivity index (χ2n) is 7.98. The van der Waals surface area contributed by atoms with E-state index in [1.165, 1.54) is 0 Å². The summed E-state index contributed by atoms with van der Waals surface area (Å²) in [4.78, 5) is 26.7. The number of likely N-dealkylation sites (tertiary alicyclic amines) is 1. The first-order valence-electron chi connectivity index (χ1n) is 9.32. The Balaban J connectivity index is 2.37. The van der Waals surface area contributed by atoms with Gasteiger partial charge in [-0.15, -0.1) is 0 Å². The Kier molecular flexibility index (Phi) is 6.39. The maximum absolute atomic E-state index is 12.7. The Morgan fingerprint density at radius 1 is 1.19 bits per heavy atom. The molecule has 1 aliphatic rings. The molecule has 0 radical (unpaired) electrons. The summed E-state index contributed by atoms with van der Waals surface area (Å²) in [6, 6.07) is 3.92. The summed E-state index contributed by atoms with van der Waals surface area (Å²) >= 11 is 0. The van der Waals surface area contributed by atoms with E-state index in [0.717, 1.165) is 29.0 Å². The van der Waals surface area contributed by atoms with Gasteiger partial charge in [-0.3, -0.25) is 9.59 Å². The predicted octanol–water partition coefficient (Wildman–Crippen LogP) is 3.17. The van der Waals surface area contributed by atoms with Gasteiger partial charge in [0.1, 0.15) is 17.1 Å². The number of amides is 1. The van der Waals surface area contributed by atoms with Gasteiger partial charge in [0.05, 0.1) is 26.6 Å². The summed E-state index contributed by atoms with van der Waals surface area (Å²) < 4.78 is 16.5. The lowest BCUT2D eigenvalue weighted by molar-refractivity contribution is -0.157. The van der Waals surface area contributed by atoms with Crippen LogP contribution >= 0.6 is 0 Å². The summed E-state index contributed by atoms with van der Waals surface area (Å²) in [5.41, 5.74) is 1.35. The molecule has 0 saturated carbocycles. The van der Waals surface area contributed by atoms with E-state index in [1.807, 2.05) is 39.8 Å². The zero-order valence-corrected chi connectivity index (χ0v) is 17.4. The number of carbonyl (C=O) groups is 2. The first kappa shape index (κ1) is 21.1. The Bertz CT molecular complexity index is 682. The average Bonchev–Trinajstić information content (AvgIpc) is 2.87. The molecule has 1 amide bonds. The number of benzene rings is 1. The number of nitrogens with zero attached hydrogens (tertiary/aromatic N) is 1. The van der Waals surface area contributed by atoms with E-state index in [2.05, 4.69) is 0 Å². The molecule has 1 fully saturated rings. The molecule has 150 valence electrons. The number of carbonyl (C=O) groups excluding carboxylic acids is 2. The molecule has 1 aromatic rings. The molecule has 1 aromatic carbocycles. The van der Waals surface area contributed by atoms with Crippen molar-refractivity contribution < 1.29 is 23.8 Å². The molecule has 0 spiro atoms. The Hall–Kier alpha value is -2.24. The SMILES string of the molecule is CCc1c(OC)cc(C2CN(C)C(=O)C2CC(=O)OC(C)(C)C)cc1OC. The minimum atomic E-state index is -0.574. The van der Waals surface area contributed by atoms with Gasteiger partial charge in [0.15, 0.2) is 0 Å². The number of esters is 1. The number of hydrogen-bond donors (Lipinski definition) is 0. The van der Waals surface area contributed by atoms with Crippen molar-refractivity contribution >= 4 is 11.9 Å². The Morgan fingerprint density at radius 2 is 1.74 bits per heavy atom. The first-order chi connectivity index (χ1) is 12.6. The summed E-state index contributed by atoms with van der Waals surface area (Å²) in [7, 11) is 5.02. The molecule has 6 nitrogen and oxygen atoms in total. The molecule has 1 aliphatic heterocycles. The lowest BCUT2D eigenvalue weighted by Gasteiger charge is -2.23. The highest BCUT2D eigenvalue weighted by molar-refractivity contribution is 5.87. The maximum Gasteiger partial charge on any atom is 0.307 e. The molecule has 0 aliphatic carbocycles. The van der Waals surface area contributed by atoms with E-state index in [-0.39, 0.29) is 24.2 Å². The molecule has 1 heterocycles. The molecule has 2 unspecified atom stereocenters. The Labute approximate surface area is 161 Å². The summed E-state index contributed by atoms with van der Waals surface area (Å²) in [6.45, 7) is 8.06. The molecule has 27 heavy (non-hydrogen) atoms. The van der Waals surface area contributed by atoms with E-state index >= 15 is 0 Å². The van der Waals surface area contributed by atoms with Crippen molar-refractivity contribution in [1.29, 1.82) is 0 Å². The second kappa shape index (κ2) is 8.19. The van der Waals surface area contributed by atoms with Crippen molar-refractivity contribution in [2.24, 2.45) is 5.92 Å². The van der Waals surface area contributed by atoms with Crippen LogP contribution in [-0.2, 0) is 20.7 Å². The maximum atomic E-state index is 12.7. The van der Waals surface area contributed by atoms with E-state index in [9.17, 15) is 9.59 Å². The fraction of sp³-hybridized carbons (Fsp3) is 0.619. The number of rotatable bonds is 6. The third kappa shape index (κ3) is 4.73. The van der Waals surface area contributed by atoms with Crippen LogP contribution in [0.5, 0.6) is 11.5 Å². The lowest BCUT2D eigenvalue weighted by atomic mass is 9.85. The van der Waals surface area contributed by atoms with Crippen molar-refractivity contribution in [2.75, 3.05) is 27.8 Å². The van der Waals surface area contributed by atoms with Gasteiger partial charge < -0.3 is 19.1 Å². The van der Waals surface area contributed by atoms with Crippen molar-refractivity contribution in [3.63, 3.8) is 0 Å². The normalized spacial score (nSPS) is 20.0. The van der Waals surface area contributed by atoms with Gasteiger partial charge in [-0.25, -0.2) is 0 Å². The van der Waals surface area contributed by atoms with Crippen LogP contribution in [0, 0.1) is 5.92 Å². The topological polar surface area (TPSA) is 65.1 Å². The van der Waals surface area contributed by atoms with Gasteiger partial charge in [0, 0.05) is 25.1 Å². The summed E-state index contributed by atoms with van der Waals surface area (Å²) in [6.07, 6.45) is 0.836. The van der Waals surface area contributed by atoms with Gasteiger partial charge in [0.2, 0.25) is 5.91 Å². The van der Waals surface area contributed by atoms with E-state index in [1.54, 1.807) is 26.2 Å². The standard InChI is InChI=1S/C21H31NO5/c1-8-14-17(25-6)9-13(10-18(14)26-7)16-12-22(5)20(24)15(16)11-19(23)27-21(2,3)4/h9-10,15-16H,8,11-12H2,1-7H3. The largest absolute Gasteiger partial charge is 0.496 e. The molecule has 0 N–H and O–H groups in total. The zero-order chi connectivity index (χ0) is 20.4. The zero-order valence-electron chi connectivity index (χ0n) is 17.4. The molecular formula is C21H31NO5. The monoisotopic (exact) mass is 377 g/mol. The smallest absolute Gasteiger partial charge is 0.307 e. The molecule has 2 atom stereocenters. The van der Waals surface area contributed by atoms with Crippen LogP contribution in [0.4, 0.5) is 0 Å². The molecule has 1 saturated heterocycles. The van der Waals surface area contributed by atoms with Crippen molar-refractivity contribution in [3.05, 3.63) is 23.3 Å². The molecule has 0 aromatic heterocycles. The quantitative estimate of drug-likeness (QED) is 0.713. The van der Waals surface area contributed by atoms with Crippen LogP contribution in [0.3, 0.4) is 0 Å². The van der Waals surface area contributed by atoms with Gasteiger partial charge in [0.25, 0.3) is 0 Å². The lowest BCUT2D eigenvalue weighted by Crippen LogP contribution is -2.29. The van der Waals surface area contributed by atoms with Gasteiger partial charge in [-0.05, 0) is 44.9 Å². The van der Waals surface area contributed by atoms with Crippen molar-refractivity contribution in [2.45, 2.75) is 52.1 Å². The van der Waals surface area contributed by atoms with Gasteiger partial charge >= 0.3 is 5.97 Å². The summed E-state index contributed by atoms with van der Waals surface area (Å²) in [5.74, 6) is 0.513. The Morgan fingerprint density at radius 3 is 2.19 bits per heavy atom. The van der Waals surface area contributed by atoms with Crippen LogP contribution in [0.15, 0.2) is 12.1 Å². The third-order valence-electron chi connectivity index (χ3n) is 4.87. The van der Waals surface area contributed by atoms with E-state index in [4.69, 9.17) is 14.2 Å². The van der Waals surface area contributed by atoms with Gasteiger partial charge in [-0.1, -0.05) is 6.92 Å². The van der Waals surface area contributed by atoms with Crippen molar-refractivity contribution in [1.82, 2.24) is 4.90 Å². The molecule has 2 rings (SSSR count). The van der Waals surface area contributed by atoms with Crippen molar-refractivity contribution in [3.8, 4) is 11.5 Å². The van der Waals surface area contributed by atoms with Crippen LogP contribution in [0.25, 0.3) is 0 Å². The van der Waals surface area contributed by atoms with E-state index in [0.29, 0.717) is 6.54 Å². The predicted molar refractivity (Wildman–Crippen MR) is 103 cm³/mol. The number of likely N-dealkylation sites (N-methyl/N-ethyl adjacent to an activating group) is 1. The highest BCUT2D eigenvalue weighted by Gasteiger charge is 2.41. The highest BCUT2D eigenvalue weighted by atomic mass is 16.6. The number of methoxy groups -OCH3 is 2. The summed E-state index contributed by atoms with van der Waals surface area (Å²) in [5, 5.41) is 0. The fourth-order valence-corrected chi connectivity index (χ4v) is 3.66. The minimum Gasteiger partial charge on any atom is -0.496 e. The second-order valence-corrected chi connectivity index (χ2v) is 7.98. The molecular weight excluding hydrogens is 346 g/mol. The molecule has 6 heteroatoms. The fourth-order valence-electron chi connectivity index (χ4n) is 3.66. The van der Waals surface area contributed by atoms with Gasteiger partial charge in [-0.2, -0.15) is 0 Å². The van der Waals surface area contributed by atoms with Crippen LogP contribution in [0.2, 0.25) is 0 Å². The average molecular weight is 377 g/mol. The highest BCUT2D eigenvalue weighted by Crippen LogP contribution is 2.40. The van der Waals surface area contributed by atoms with E-state index < -0.39 is 11.5 Å². The third-order valence-corrected chi connectivity index (χ3v) is 4.87. The number of ether oxygens (including phenoxy) is 3.